The Kier molecular flexibility index (Phi) is 8.37. The highest BCUT2D eigenvalue weighted by Gasteiger charge is 2.17. The quantitative estimate of drug-likeness (QED) is 0.719. The Balaban J connectivity index is 0. The van der Waals surface area contributed by atoms with Gasteiger partial charge in [-0.15, -0.1) is 12.4 Å². The monoisotopic (exact) mass is 208 g/mol. The minimum absolute atomic E-state index is 0. The lowest BCUT2D eigenvalue weighted by atomic mass is 9.96. The summed E-state index contributed by atoms with van der Waals surface area (Å²) >= 11 is 0. The maximum atomic E-state index is 10.6. The molecule has 0 rings (SSSR count). The Morgan fingerprint density at radius 3 is 2.46 bits per heavy atom. The van der Waals surface area contributed by atoms with Crippen LogP contribution in [0.25, 0.3) is 0 Å². The van der Waals surface area contributed by atoms with E-state index in [1.165, 1.54) is 6.92 Å². The molecule has 0 radical (unpaired) electrons. The highest BCUT2D eigenvalue weighted by Crippen LogP contribution is 2.08. The van der Waals surface area contributed by atoms with Crippen molar-refractivity contribution < 1.29 is 4.79 Å². The minimum atomic E-state index is -0.248. The number of rotatable bonds is 5. The summed E-state index contributed by atoms with van der Waals surface area (Å²) in [7, 11) is 0. The molecule has 1 atom stereocenters. The number of nitrogens with one attached hydrogen (secondary N) is 1. The van der Waals surface area contributed by atoms with Crippen molar-refractivity contribution in [3.8, 4) is 0 Å². The summed E-state index contributed by atoms with van der Waals surface area (Å²) in [5, 5.41) is 2.73. The molecule has 0 heterocycles. The van der Waals surface area contributed by atoms with Gasteiger partial charge in [-0.05, 0) is 13.3 Å². The van der Waals surface area contributed by atoms with Gasteiger partial charge in [-0.1, -0.05) is 19.8 Å². The van der Waals surface area contributed by atoms with Gasteiger partial charge in [0.1, 0.15) is 0 Å². The molecule has 0 aromatic rings. The first kappa shape index (κ1) is 15.2. The maximum absolute atomic E-state index is 10.6. The Bertz CT molecular complexity index is 149. The van der Waals surface area contributed by atoms with Crippen LogP contribution in [0.1, 0.15) is 40.0 Å². The van der Waals surface area contributed by atoms with E-state index < -0.39 is 0 Å². The molecule has 0 aliphatic carbocycles. The van der Waals surface area contributed by atoms with Crippen molar-refractivity contribution in [3.05, 3.63) is 0 Å². The lowest BCUT2D eigenvalue weighted by molar-refractivity contribution is -0.119. The zero-order valence-electron chi connectivity index (χ0n) is 8.72. The second kappa shape index (κ2) is 7.15. The van der Waals surface area contributed by atoms with E-state index in [9.17, 15) is 4.79 Å². The van der Waals surface area contributed by atoms with E-state index in [1.54, 1.807) is 0 Å². The van der Waals surface area contributed by atoms with Gasteiger partial charge >= 0.3 is 0 Å². The predicted octanol–water partition coefficient (Wildman–Crippen LogP) is 1.45. The molecule has 0 unspecified atom stereocenters. The van der Waals surface area contributed by atoms with Crippen LogP contribution < -0.4 is 11.1 Å². The lowest BCUT2D eigenvalue weighted by Gasteiger charge is -2.24. The smallest absolute Gasteiger partial charge is 0.216 e. The standard InChI is InChI=1S/C9H20N2O.ClH/c1-4-5-6-9(3,10)7-11-8(2)12;/h4-7,10H2,1-3H3,(H,11,12);1H/t9-;/m1./s1. The summed E-state index contributed by atoms with van der Waals surface area (Å²) < 4.78 is 0. The van der Waals surface area contributed by atoms with Gasteiger partial charge in [0.25, 0.3) is 0 Å². The van der Waals surface area contributed by atoms with E-state index in [2.05, 4.69) is 12.2 Å². The van der Waals surface area contributed by atoms with Crippen molar-refractivity contribution >= 4 is 18.3 Å². The third-order valence-electron chi connectivity index (χ3n) is 1.84. The van der Waals surface area contributed by atoms with Crippen molar-refractivity contribution in [2.75, 3.05) is 6.54 Å². The fraction of sp³-hybridized carbons (Fsp3) is 0.889. The van der Waals surface area contributed by atoms with Crippen molar-refractivity contribution in [1.82, 2.24) is 5.32 Å². The number of carbonyl (C=O) groups excluding carboxylic acids is 1. The van der Waals surface area contributed by atoms with E-state index in [0.717, 1.165) is 19.3 Å². The third kappa shape index (κ3) is 9.64. The normalized spacial score (nSPS) is 14.2. The largest absolute Gasteiger partial charge is 0.355 e. The van der Waals surface area contributed by atoms with E-state index in [-0.39, 0.29) is 23.9 Å². The van der Waals surface area contributed by atoms with E-state index >= 15 is 0 Å². The molecule has 0 spiro atoms. The van der Waals surface area contributed by atoms with Crippen molar-refractivity contribution in [2.45, 2.75) is 45.6 Å². The Morgan fingerprint density at radius 1 is 1.54 bits per heavy atom. The number of hydrogen-bond donors (Lipinski definition) is 2. The Morgan fingerprint density at radius 2 is 2.08 bits per heavy atom. The summed E-state index contributed by atoms with van der Waals surface area (Å²) in [5.41, 5.74) is 5.69. The molecule has 13 heavy (non-hydrogen) atoms. The number of hydrogen-bond acceptors (Lipinski definition) is 2. The van der Waals surface area contributed by atoms with Gasteiger partial charge < -0.3 is 11.1 Å². The average molecular weight is 209 g/mol. The van der Waals surface area contributed by atoms with Crippen LogP contribution in [0, 0.1) is 0 Å². The first-order valence-electron chi connectivity index (χ1n) is 4.51. The first-order chi connectivity index (χ1) is 5.48. The number of carbonyl (C=O) groups is 1. The maximum Gasteiger partial charge on any atom is 0.216 e. The van der Waals surface area contributed by atoms with Gasteiger partial charge in [0.15, 0.2) is 0 Å². The minimum Gasteiger partial charge on any atom is -0.355 e. The number of nitrogens with two attached hydrogens (primary N) is 1. The first-order valence-corrected chi connectivity index (χ1v) is 4.51. The van der Waals surface area contributed by atoms with Crippen LogP contribution in [-0.4, -0.2) is 18.0 Å². The molecule has 0 aromatic heterocycles. The second-order valence-corrected chi connectivity index (χ2v) is 3.67. The molecule has 0 bridgehead atoms. The summed E-state index contributed by atoms with van der Waals surface area (Å²) in [5.74, 6) is -0.0110. The molecular weight excluding hydrogens is 188 g/mol. The van der Waals surface area contributed by atoms with E-state index in [1.807, 2.05) is 6.92 Å². The van der Waals surface area contributed by atoms with Crippen LogP contribution in [-0.2, 0) is 4.79 Å². The summed E-state index contributed by atoms with van der Waals surface area (Å²) in [6.45, 7) is 6.19. The average Bonchev–Trinajstić information content (AvgIpc) is 1.98. The van der Waals surface area contributed by atoms with Gasteiger partial charge in [0.05, 0.1) is 0 Å². The summed E-state index contributed by atoms with van der Waals surface area (Å²) in [6, 6.07) is 0. The summed E-state index contributed by atoms with van der Waals surface area (Å²) in [4.78, 5) is 10.6. The van der Waals surface area contributed by atoms with Crippen LogP contribution in [0.4, 0.5) is 0 Å². The highest BCUT2D eigenvalue weighted by molar-refractivity contribution is 5.85. The van der Waals surface area contributed by atoms with Gasteiger partial charge in [-0.2, -0.15) is 0 Å². The van der Waals surface area contributed by atoms with Gasteiger partial charge in [0, 0.05) is 19.0 Å². The highest BCUT2D eigenvalue weighted by atomic mass is 35.5. The number of halogens is 1. The Labute approximate surface area is 86.9 Å². The molecule has 1 amide bonds. The third-order valence-corrected chi connectivity index (χ3v) is 1.84. The predicted molar refractivity (Wildman–Crippen MR) is 58.0 cm³/mol. The van der Waals surface area contributed by atoms with Crippen LogP contribution in [0.2, 0.25) is 0 Å². The number of amides is 1. The van der Waals surface area contributed by atoms with E-state index in [4.69, 9.17) is 5.73 Å². The molecular formula is C9H21ClN2O. The zero-order valence-corrected chi connectivity index (χ0v) is 9.54. The van der Waals surface area contributed by atoms with Crippen molar-refractivity contribution in [3.63, 3.8) is 0 Å². The Hall–Kier alpha value is -0.280. The second-order valence-electron chi connectivity index (χ2n) is 3.67. The number of unbranched alkanes of at least 4 members (excludes halogenated alkanes) is 1. The SMILES string of the molecule is CCCC[C@@](C)(N)CNC(C)=O.Cl. The van der Waals surface area contributed by atoms with Gasteiger partial charge in [0.2, 0.25) is 5.91 Å². The van der Waals surface area contributed by atoms with Crippen molar-refractivity contribution in [2.24, 2.45) is 5.73 Å². The lowest BCUT2D eigenvalue weighted by Crippen LogP contribution is -2.47. The van der Waals surface area contributed by atoms with Crippen LogP contribution >= 0.6 is 12.4 Å². The van der Waals surface area contributed by atoms with Gasteiger partial charge in [-0.3, -0.25) is 4.79 Å². The fourth-order valence-corrected chi connectivity index (χ4v) is 0.995. The molecule has 0 aliphatic heterocycles. The topological polar surface area (TPSA) is 55.1 Å². The molecule has 0 saturated heterocycles. The van der Waals surface area contributed by atoms with Gasteiger partial charge in [-0.25, -0.2) is 0 Å². The summed E-state index contributed by atoms with van der Waals surface area (Å²) in [6.07, 6.45) is 3.23. The molecule has 3 N–H and O–H groups in total. The molecule has 80 valence electrons. The molecule has 0 aliphatic rings. The molecule has 4 heteroatoms. The molecule has 0 aromatic carbocycles. The van der Waals surface area contributed by atoms with Crippen LogP contribution in [0.5, 0.6) is 0 Å². The molecule has 0 saturated carbocycles. The van der Waals surface area contributed by atoms with Crippen molar-refractivity contribution in [1.29, 1.82) is 0 Å². The van der Waals surface area contributed by atoms with Crippen LogP contribution in [0.3, 0.4) is 0 Å². The van der Waals surface area contributed by atoms with E-state index in [0.29, 0.717) is 6.54 Å². The molecule has 0 fully saturated rings. The van der Waals surface area contributed by atoms with Crippen LogP contribution in [0.15, 0.2) is 0 Å². The fourth-order valence-electron chi connectivity index (χ4n) is 0.995. The zero-order chi connectivity index (χ0) is 9.61. The molecule has 3 nitrogen and oxygen atoms in total.